The smallest absolute Gasteiger partial charge is 0.238 e. The Balaban J connectivity index is 2.09. The van der Waals surface area contributed by atoms with E-state index in [0.29, 0.717) is 11.1 Å². The molecule has 0 bridgehead atoms. The molecule has 0 saturated carbocycles. The number of sulfonamides is 1. The van der Waals surface area contributed by atoms with Crippen LogP contribution in [0.3, 0.4) is 0 Å². The number of pyridine rings is 1. The van der Waals surface area contributed by atoms with Crippen molar-refractivity contribution in [1.29, 1.82) is 0 Å². The topological polar surface area (TPSA) is 67.3 Å². The van der Waals surface area contributed by atoms with E-state index in [-0.39, 0.29) is 24.0 Å². The van der Waals surface area contributed by atoms with Crippen LogP contribution >= 0.6 is 0 Å². The molecule has 0 amide bonds. The summed E-state index contributed by atoms with van der Waals surface area (Å²) in [5.41, 5.74) is 1.05. The number of ketones is 1. The maximum Gasteiger partial charge on any atom is 0.238 e. The summed E-state index contributed by atoms with van der Waals surface area (Å²) in [6.07, 6.45) is 8.17. The maximum atomic E-state index is 12.1. The zero-order valence-electron chi connectivity index (χ0n) is 10.1. The fraction of sp³-hybridized carbons (Fsp3) is 0.231. The lowest BCUT2D eigenvalue weighted by molar-refractivity contribution is -0.114. The highest BCUT2D eigenvalue weighted by molar-refractivity contribution is 7.89. The minimum absolute atomic E-state index is 0.0193. The van der Waals surface area contributed by atoms with E-state index < -0.39 is 10.0 Å². The van der Waals surface area contributed by atoms with E-state index in [1.807, 2.05) is 0 Å². The van der Waals surface area contributed by atoms with Crippen molar-refractivity contribution in [3.63, 3.8) is 0 Å². The van der Waals surface area contributed by atoms with Gasteiger partial charge in [-0.2, -0.15) is 0 Å². The molecule has 1 aromatic rings. The molecule has 19 heavy (non-hydrogen) atoms. The summed E-state index contributed by atoms with van der Waals surface area (Å²) < 4.78 is 25.3. The first-order valence-corrected chi connectivity index (χ1v) is 7.52. The lowest BCUT2D eigenvalue weighted by Crippen LogP contribution is -2.43. The molecule has 0 fully saturated rings. The molecule has 0 spiro atoms. The molecule has 2 aliphatic heterocycles. The first-order valence-electron chi connectivity index (χ1n) is 5.91. The van der Waals surface area contributed by atoms with E-state index >= 15 is 0 Å². The number of hydrogen-bond donors (Lipinski definition) is 0. The van der Waals surface area contributed by atoms with Gasteiger partial charge in [-0.25, -0.2) is 8.42 Å². The largest absolute Gasteiger partial charge is 0.294 e. The third-order valence-electron chi connectivity index (χ3n) is 3.24. The molecule has 6 heteroatoms. The van der Waals surface area contributed by atoms with Gasteiger partial charge in [-0.3, -0.25) is 14.1 Å². The summed E-state index contributed by atoms with van der Waals surface area (Å²) in [6, 6.07) is 3.09. The number of carbonyl (C=O) groups excluding carboxylic acids is 1. The number of hydrogen-bond acceptors (Lipinski definition) is 4. The minimum Gasteiger partial charge on any atom is -0.294 e. The monoisotopic (exact) mass is 276 g/mol. The Bertz CT molecular complexity index is 677. The molecular weight excluding hydrogens is 264 g/mol. The van der Waals surface area contributed by atoms with Crippen molar-refractivity contribution < 1.29 is 13.2 Å². The van der Waals surface area contributed by atoms with Crippen LogP contribution in [0.15, 0.2) is 42.9 Å². The number of rotatable bonds is 1. The molecule has 98 valence electrons. The van der Waals surface area contributed by atoms with Gasteiger partial charge in [0.2, 0.25) is 10.0 Å². The van der Waals surface area contributed by atoms with Gasteiger partial charge in [-0.1, -0.05) is 18.2 Å². The molecule has 3 heterocycles. The van der Waals surface area contributed by atoms with Gasteiger partial charge in [0.25, 0.3) is 0 Å². The number of allylic oxidation sites excluding steroid dienone is 1. The molecular formula is C13H12N2O3S. The van der Waals surface area contributed by atoms with Crippen LogP contribution in [0.4, 0.5) is 0 Å². The number of Topliss-reactive ketones (excluding diaryl/α,β-unsaturated/α-hetero) is 1. The number of aromatic nitrogens is 1. The average molecular weight is 276 g/mol. The molecule has 2 aliphatic rings. The van der Waals surface area contributed by atoms with E-state index in [2.05, 4.69) is 4.98 Å². The van der Waals surface area contributed by atoms with Gasteiger partial charge in [0, 0.05) is 36.2 Å². The van der Waals surface area contributed by atoms with Gasteiger partial charge < -0.3 is 0 Å². The van der Waals surface area contributed by atoms with Crippen LogP contribution in [0.1, 0.15) is 12.0 Å². The molecule has 0 N–H and O–H groups in total. The van der Waals surface area contributed by atoms with E-state index in [4.69, 9.17) is 0 Å². The zero-order valence-corrected chi connectivity index (χ0v) is 10.9. The minimum atomic E-state index is -3.35. The van der Waals surface area contributed by atoms with Crippen LogP contribution in [-0.2, 0) is 14.8 Å². The Morgan fingerprint density at radius 3 is 2.95 bits per heavy atom. The van der Waals surface area contributed by atoms with Gasteiger partial charge in [0.05, 0.1) is 11.8 Å². The molecule has 1 aromatic heterocycles. The third-order valence-corrected chi connectivity index (χ3v) is 4.87. The highest BCUT2D eigenvalue weighted by Gasteiger charge is 2.35. The predicted molar refractivity (Wildman–Crippen MR) is 70.4 cm³/mol. The quantitative estimate of drug-likeness (QED) is 0.717. The molecule has 5 nitrogen and oxygen atoms in total. The Labute approximate surface area is 111 Å². The summed E-state index contributed by atoms with van der Waals surface area (Å²) in [5, 5.41) is 0. The second-order valence-corrected chi connectivity index (χ2v) is 6.43. The number of carbonyl (C=O) groups is 1. The molecule has 0 aromatic carbocycles. The first kappa shape index (κ1) is 12.1. The normalized spacial score (nSPS) is 24.8. The van der Waals surface area contributed by atoms with Gasteiger partial charge in [-0.15, -0.1) is 0 Å². The van der Waals surface area contributed by atoms with Crippen molar-refractivity contribution >= 4 is 21.4 Å². The standard InChI is InChI=1S/C13H12N2O3S/c16-13-7-11-4-2-6-19(17,18)15(11)9-12(13)10-3-1-5-14-8-10/h1-5,8-9,11H,6-7H2. The number of fused-ring (bicyclic) bond motifs is 1. The Hall–Kier alpha value is -1.95. The Morgan fingerprint density at radius 2 is 2.21 bits per heavy atom. The van der Waals surface area contributed by atoms with E-state index in [1.165, 1.54) is 10.5 Å². The predicted octanol–water partition coefficient (Wildman–Crippen LogP) is 0.965. The second-order valence-electron chi connectivity index (χ2n) is 4.52. The highest BCUT2D eigenvalue weighted by Crippen LogP contribution is 2.29. The summed E-state index contributed by atoms with van der Waals surface area (Å²) in [5.74, 6) is -0.0786. The van der Waals surface area contributed by atoms with Gasteiger partial charge in [-0.05, 0) is 6.07 Å². The number of nitrogens with zero attached hydrogens (tertiary/aromatic N) is 2. The van der Waals surface area contributed by atoms with Crippen LogP contribution in [-0.4, -0.2) is 35.3 Å². The molecule has 0 radical (unpaired) electrons. The van der Waals surface area contributed by atoms with E-state index in [0.717, 1.165) is 0 Å². The van der Waals surface area contributed by atoms with Crippen LogP contribution in [0, 0.1) is 0 Å². The fourth-order valence-electron chi connectivity index (χ4n) is 2.30. The molecule has 0 aliphatic carbocycles. The van der Waals surface area contributed by atoms with E-state index in [1.54, 1.807) is 36.7 Å². The molecule has 3 rings (SSSR count). The Morgan fingerprint density at radius 1 is 1.37 bits per heavy atom. The van der Waals surface area contributed by atoms with Crippen molar-refractivity contribution in [2.45, 2.75) is 12.5 Å². The first-order chi connectivity index (χ1) is 9.08. The highest BCUT2D eigenvalue weighted by atomic mass is 32.2. The van der Waals surface area contributed by atoms with Crippen LogP contribution < -0.4 is 0 Å². The molecule has 1 unspecified atom stereocenters. The summed E-state index contributed by atoms with van der Waals surface area (Å²) >= 11 is 0. The average Bonchev–Trinajstić information content (AvgIpc) is 2.38. The summed E-state index contributed by atoms with van der Waals surface area (Å²) in [4.78, 5) is 16.1. The van der Waals surface area contributed by atoms with Crippen molar-refractivity contribution in [2.75, 3.05) is 5.75 Å². The summed E-state index contributed by atoms with van der Waals surface area (Å²) in [7, 11) is -3.35. The molecule has 0 saturated heterocycles. The van der Waals surface area contributed by atoms with Crippen LogP contribution in [0.5, 0.6) is 0 Å². The van der Waals surface area contributed by atoms with Crippen LogP contribution in [0.2, 0.25) is 0 Å². The van der Waals surface area contributed by atoms with Gasteiger partial charge >= 0.3 is 0 Å². The lowest BCUT2D eigenvalue weighted by Gasteiger charge is -2.34. The van der Waals surface area contributed by atoms with Gasteiger partial charge in [0.1, 0.15) is 0 Å². The fourth-order valence-corrected chi connectivity index (χ4v) is 3.65. The van der Waals surface area contributed by atoms with E-state index in [9.17, 15) is 13.2 Å². The SMILES string of the molecule is O=C1CC2C=CCS(=O)(=O)N2C=C1c1cccnc1. The van der Waals surface area contributed by atoms with Crippen molar-refractivity contribution in [1.82, 2.24) is 9.29 Å². The van der Waals surface area contributed by atoms with Crippen molar-refractivity contribution in [3.05, 3.63) is 48.4 Å². The Kier molecular flexibility index (Phi) is 2.74. The zero-order chi connectivity index (χ0) is 13.5. The summed E-state index contributed by atoms with van der Waals surface area (Å²) in [6.45, 7) is 0. The van der Waals surface area contributed by atoms with Crippen molar-refractivity contribution in [3.8, 4) is 0 Å². The lowest BCUT2D eigenvalue weighted by atomic mass is 9.96. The maximum absolute atomic E-state index is 12.1. The third kappa shape index (κ3) is 2.08. The van der Waals surface area contributed by atoms with Crippen LogP contribution in [0.25, 0.3) is 5.57 Å². The van der Waals surface area contributed by atoms with Gasteiger partial charge in [0.15, 0.2) is 5.78 Å². The molecule has 1 atom stereocenters. The second kappa shape index (κ2) is 4.31. The van der Waals surface area contributed by atoms with Crippen molar-refractivity contribution in [2.24, 2.45) is 0 Å².